The number of fused-ring (bicyclic) bond motifs is 1. The normalized spacial score (nSPS) is 11.4. The maximum Gasteiger partial charge on any atom is 0.336 e. The van der Waals surface area contributed by atoms with Crippen LogP contribution in [0.1, 0.15) is 44.7 Å². The second-order valence-corrected chi connectivity index (χ2v) is 5.17. The molecular weight excluding hydrogens is 250 g/mol. The van der Waals surface area contributed by atoms with Crippen molar-refractivity contribution in [1.82, 2.24) is 5.32 Å². The highest BCUT2D eigenvalue weighted by molar-refractivity contribution is 5.80. The van der Waals surface area contributed by atoms with Crippen LogP contribution >= 0.6 is 0 Å². The van der Waals surface area contributed by atoms with E-state index in [1.54, 1.807) is 6.07 Å². The van der Waals surface area contributed by atoms with Gasteiger partial charge in [0.05, 0.1) is 0 Å². The lowest BCUT2D eigenvalue weighted by Crippen LogP contribution is -2.27. The first-order valence-corrected chi connectivity index (χ1v) is 7.46. The fraction of sp³-hybridized carbons (Fsp3) is 0.471. The van der Waals surface area contributed by atoms with Crippen molar-refractivity contribution in [2.75, 3.05) is 0 Å². The fourth-order valence-electron chi connectivity index (χ4n) is 2.47. The van der Waals surface area contributed by atoms with Crippen molar-refractivity contribution in [3.05, 3.63) is 45.8 Å². The van der Waals surface area contributed by atoms with Gasteiger partial charge in [0.25, 0.3) is 0 Å². The minimum absolute atomic E-state index is 0.271. The van der Waals surface area contributed by atoms with Crippen molar-refractivity contribution in [2.45, 2.75) is 52.6 Å². The van der Waals surface area contributed by atoms with Gasteiger partial charge in [-0.2, -0.15) is 0 Å². The molecule has 0 amide bonds. The van der Waals surface area contributed by atoms with Gasteiger partial charge in [-0.1, -0.05) is 32.9 Å². The largest absolute Gasteiger partial charge is 0.423 e. The number of aryl methyl sites for hydroxylation is 1. The summed E-state index contributed by atoms with van der Waals surface area (Å²) in [4.78, 5) is 11.7. The Morgan fingerprint density at radius 3 is 2.55 bits per heavy atom. The third kappa shape index (κ3) is 3.28. The van der Waals surface area contributed by atoms with E-state index in [0.717, 1.165) is 30.2 Å². The minimum atomic E-state index is -0.271. The van der Waals surface area contributed by atoms with Crippen molar-refractivity contribution < 1.29 is 4.42 Å². The molecule has 20 heavy (non-hydrogen) atoms. The molecule has 1 aromatic carbocycles. The highest BCUT2D eigenvalue weighted by atomic mass is 16.4. The molecule has 1 aromatic heterocycles. The second kappa shape index (κ2) is 6.71. The lowest BCUT2D eigenvalue weighted by Gasteiger charge is -2.15. The van der Waals surface area contributed by atoms with E-state index in [4.69, 9.17) is 4.42 Å². The molecule has 2 aromatic rings. The summed E-state index contributed by atoms with van der Waals surface area (Å²) in [6.45, 7) is 7.15. The molecule has 1 heterocycles. The first kappa shape index (κ1) is 14.8. The Balaban J connectivity index is 2.35. The number of hydrogen-bond donors (Lipinski definition) is 1. The fourth-order valence-corrected chi connectivity index (χ4v) is 2.47. The van der Waals surface area contributed by atoms with E-state index in [0.29, 0.717) is 18.2 Å². The van der Waals surface area contributed by atoms with Gasteiger partial charge in [0.1, 0.15) is 5.58 Å². The van der Waals surface area contributed by atoms with E-state index in [1.165, 1.54) is 5.56 Å². The highest BCUT2D eigenvalue weighted by Crippen LogP contribution is 2.19. The smallest absolute Gasteiger partial charge is 0.336 e. The van der Waals surface area contributed by atoms with E-state index in [1.807, 2.05) is 6.07 Å². The molecule has 0 aliphatic heterocycles. The summed E-state index contributed by atoms with van der Waals surface area (Å²) in [5, 5.41) is 4.53. The molecule has 108 valence electrons. The Hall–Kier alpha value is -1.61. The van der Waals surface area contributed by atoms with Crippen LogP contribution in [-0.2, 0) is 13.0 Å². The van der Waals surface area contributed by atoms with Gasteiger partial charge in [-0.05, 0) is 36.5 Å². The zero-order valence-electron chi connectivity index (χ0n) is 12.5. The molecule has 0 saturated heterocycles. The van der Waals surface area contributed by atoms with Crippen LogP contribution in [0.2, 0.25) is 0 Å². The summed E-state index contributed by atoms with van der Waals surface area (Å²) in [5.74, 6) is 0. The van der Waals surface area contributed by atoms with E-state index < -0.39 is 0 Å². The van der Waals surface area contributed by atoms with Crippen molar-refractivity contribution in [3.8, 4) is 0 Å². The maximum absolute atomic E-state index is 11.7. The Morgan fingerprint density at radius 1 is 1.15 bits per heavy atom. The molecule has 0 bridgehead atoms. The standard InChI is InChI=1S/C17H23NO2/c1-4-12-7-8-15-13(11-18-14(5-2)6-3)10-17(19)20-16(15)9-12/h7-10,14,18H,4-6,11H2,1-3H3. The third-order valence-corrected chi connectivity index (χ3v) is 3.87. The van der Waals surface area contributed by atoms with Gasteiger partial charge in [-0.25, -0.2) is 4.79 Å². The van der Waals surface area contributed by atoms with Gasteiger partial charge in [0.2, 0.25) is 0 Å². The Bertz CT molecular complexity index is 626. The van der Waals surface area contributed by atoms with Crippen LogP contribution < -0.4 is 10.9 Å². The van der Waals surface area contributed by atoms with Gasteiger partial charge in [0.15, 0.2) is 0 Å². The Morgan fingerprint density at radius 2 is 1.90 bits per heavy atom. The average Bonchev–Trinajstić information content (AvgIpc) is 2.47. The van der Waals surface area contributed by atoms with Crippen molar-refractivity contribution >= 4 is 11.0 Å². The zero-order chi connectivity index (χ0) is 14.5. The molecule has 0 spiro atoms. The number of nitrogens with one attached hydrogen (secondary N) is 1. The lowest BCUT2D eigenvalue weighted by atomic mass is 10.1. The summed E-state index contributed by atoms with van der Waals surface area (Å²) >= 11 is 0. The van der Waals surface area contributed by atoms with Crippen molar-refractivity contribution in [3.63, 3.8) is 0 Å². The molecule has 3 nitrogen and oxygen atoms in total. The van der Waals surface area contributed by atoms with E-state index in [2.05, 4.69) is 38.2 Å². The van der Waals surface area contributed by atoms with Crippen LogP contribution in [0.25, 0.3) is 11.0 Å². The molecule has 0 saturated carbocycles. The molecule has 3 heteroatoms. The van der Waals surface area contributed by atoms with E-state index >= 15 is 0 Å². The van der Waals surface area contributed by atoms with Gasteiger partial charge >= 0.3 is 5.63 Å². The molecule has 1 N–H and O–H groups in total. The molecule has 0 aliphatic carbocycles. The molecular formula is C17H23NO2. The summed E-state index contributed by atoms with van der Waals surface area (Å²) in [6.07, 6.45) is 3.13. The first-order chi connectivity index (χ1) is 9.67. The molecule has 2 rings (SSSR count). The summed E-state index contributed by atoms with van der Waals surface area (Å²) in [6, 6.07) is 8.22. The number of rotatable bonds is 6. The molecule has 0 radical (unpaired) electrons. The maximum atomic E-state index is 11.7. The van der Waals surface area contributed by atoms with Gasteiger partial charge in [-0.15, -0.1) is 0 Å². The van der Waals surface area contributed by atoms with Crippen LogP contribution in [0.4, 0.5) is 0 Å². The summed E-state index contributed by atoms with van der Waals surface area (Å²) in [7, 11) is 0. The van der Waals surface area contributed by atoms with Crippen LogP contribution in [-0.4, -0.2) is 6.04 Å². The Labute approximate surface area is 120 Å². The third-order valence-electron chi connectivity index (χ3n) is 3.87. The molecule has 0 atom stereocenters. The zero-order valence-corrected chi connectivity index (χ0v) is 12.5. The quantitative estimate of drug-likeness (QED) is 0.817. The minimum Gasteiger partial charge on any atom is -0.423 e. The summed E-state index contributed by atoms with van der Waals surface area (Å²) < 4.78 is 5.32. The van der Waals surface area contributed by atoms with Crippen LogP contribution in [0.15, 0.2) is 33.5 Å². The van der Waals surface area contributed by atoms with Crippen molar-refractivity contribution in [2.24, 2.45) is 0 Å². The van der Waals surface area contributed by atoms with E-state index in [9.17, 15) is 4.79 Å². The van der Waals surface area contributed by atoms with Crippen LogP contribution in [0, 0.1) is 0 Å². The van der Waals surface area contributed by atoms with Gasteiger partial charge < -0.3 is 9.73 Å². The average molecular weight is 273 g/mol. The molecule has 0 fully saturated rings. The molecule has 0 unspecified atom stereocenters. The van der Waals surface area contributed by atoms with Crippen molar-refractivity contribution in [1.29, 1.82) is 0 Å². The van der Waals surface area contributed by atoms with Gasteiger partial charge in [0, 0.05) is 24.0 Å². The Kier molecular flexibility index (Phi) is 4.96. The predicted octanol–water partition coefficient (Wildman–Crippen LogP) is 3.63. The topological polar surface area (TPSA) is 42.2 Å². The van der Waals surface area contributed by atoms with Crippen LogP contribution in [0.3, 0.4) is 0 Å². The molecule has 0 aliphatic rings. The van der Waals surface area contributed by atoms with Crippen LogP contribution in [0.5, 0.6) is 0 Å². The van der Waals surface area contributed by atoms with Gasteiger partial charge in [-0.3, -0.25) is 0 Å². The number of hydrogen-bond acceptors (Lipinski definition) is 3. The highest BCUT2D eigenvalue weighted by Gasteiger charge is 2.08. The monoisotopic (exact) mass is 273 g/mol. The lowest BCUT2D eigenvalue weighted by molar-refractivity contribution is 0.482. The summed E-state index contributed by atoms with van der Waals surface area (Å²) in [5.41, 5.74) is 2.63. The SMILES string of the molecule is CCc1ccc2c(CNC(CC)CC)cc(=O)oc2c1. The van der Waals surface area contributed by atoms with E-state index in [-0.39, 0.29) is 5.63 Å². The second-order valence-electron chi connectivity index (χ2n) is 5.17. The first-order valence-electron chi connectivity index (χ1n) is 7.46. The predicted molar refractivity (Wildman–Crippen MR) is 83.1 cm³/mol. The number of benzene rings is 1.